The highest BCUT2D eigenvalue weighted by atomic mass is 35.5. The van der Waals surface area contributed by atoms with Gasteiger partial charge in [-0.1, -0.05) is 11.6 Å². The van der Waals surface area contributed by atoms with E-state index in [2.05, 4.69) is 0 Å². The van der Waals surface area contributed by atoms with Gasteiger partial charge in [0, 0.05) is 13.2 Å². The van der Waals surface area contributed by atoms with Crippen molar-refractivity contribution in [1.29, 1.82) is 0 Å². The summed E-state index contributed by atoms with van der Waals surface area (Å²) in [4.78, 5) is 22.1. The van der Waals surface area contributed by atoms with Gasteiger partial charge in [0.1, 0.15) is 0 Å². The van der Waals surface area contributed by atoms with Crippen molar-refractivity contribution in [3.05, 3.63) is 33.2 Å². The lowest BCUT2D eigenvalue weighted by molar-refractivity contribution is 0.101. The molecule has 4 heteroatoms. The quantitative estimate of drug-likeness (QED) is 0.618. The van der Waals surface area contributed by atoms with Crippen LogP contribution in [0.3, 0.4) is 0 Å². The van der Waals surface area contributed by atoms with Gasteiger partial charge >= 0.3 is 0 Å². The summed E-state index contributed by atoms with van der Waals surface area (Å²) in [7, 11) is 1.56. The molecule has 0 aliphatic heterocycles. The maximum Gasteiger partial charge on any atom is 0.261 e. The third-order valence-corrected chi connectivity index (χ3v) is 1.74. The number of halogens is 1. The van der Waals surface area contributed by atoms with Crippen molar-refractivity contribution in [2.45, 2.75) is 6.92 Å². The van der Waals surface area contributed by atoms with Crippen molar-refractivity contribution in [2.75, 3.05) is 0 Å². The van der Waals surface area contributed by atoms with E-state index in [0.29, 0.717) is 5.02 Å². The van der Waals surface area contributed by atoms with E-state index < -0.39 is 0 Å². The Hall–Kier alpha value is -1.09. The Morgan fingerprint density at radius 3 is 2.67 bits per heavy atom. The van der Waals surface area contributed by atoms with Gasteiger partial charge in [-0.3, -0.25) is 9.59 Å². The first kappa shape index (κ1) is 9.00. The summed E-state index contributed by atoms with van der Waals surface area (Å²) in [5.74, 6) is -0.266. The van der Waals surface area contributed by atoms with E-state index in [4.69, 9.17) is 11.6 Å². The molecule has 0 saturated heterocycles. The van der Waals surface area contributed by atoms with Gasteiger partial charge in [0.05, 0.1) is 10.6 Å². The number of nitrogens with zero attached hydrogens (tertiary/aromatic N) is 1. The molecule has 0 aromatic carbocycles. The average Bonchev–Trinajstić information content (AvgIpc) is 1.96. The number of rotatable bonds is 1. The van der Waals surface area contributed by atoms with Crippen molar-refractivity contribution >= 4 is 17.4 Å². The van der Waals surface area contributed by atoms with Gasteiger partial charge in [0.25, 0.3) is 5.56 Å². The Morgan fingerprint density at radius 1 is 1.58 bits per heavy atom. The van der Waals surface area contributed by atoms with Crippen molar-refractivity contribution in [2.24, 2.45) is 7.05 Å². The predicted octanol–water partition coefficient (Wildman–Crippen LogP) is 1.24. The maximum atomic E-state index is 11.2. The summed E-state index contributed by atoms with van der Waals surface area (Å²) in [5.41, 5.74) is -0.183. The molecule has 0 saturated carbocycles. The van der Waals surface area contributed by atoms with E-state index in [0.717, 1.165) is 0 Å². The normalized spacial score (nSPS) is 9.92. The summed E-state index contributed by atoms with van der Waals surface area (Å²) < 4.78 is 1.29. The lowest BCUT2D eigenvalue weighted by Crippen LogP contribution is -2.22. The second kappa shape index (κ2) is 3.11. The second-order valence-electron chi connectivity index (χ2n) is 2.54. The fourth-order valence-electron chi connectivity index (χ4n) is 0.923. The zero-order chi connectivity index (χ0) is 9.30. The topological polar surface area (TPSA) is 39.1 Å². The Balaban J connectivity index is 3.49. The molecule has 12 heavy (non-hydrogen) atoms. The van der Waals surface area contributed by atoms with E-state index in [-0.39, 0.29) is 16.9 Å². The highest BCUT2D eigenvalue weighted by Gasteiger charge is 2.07. The Labute approximate surface area is 74.6 Å². The minimum absolute atomic E-state index is 0.130. The van der Waals surface area contributed by atoms with Crippen LogP contribution in [0.25, 0.3) is 0 Å². The number of carbonyl (C=O) groups excluding carboxylic acids is 1. The summed E-state index contributed by atoms with van der Waals surface area (Å²) in [6.45, 7) is 1.34. The van der Waals surface area contributed by atoms with Crippen molar-refractivity contribution in [1.82, 2.24) is 4.57 Å². The highest BCUT2D eigenvalue weighted by molar-refractivity contribution is 6.30. The number of Topliss-reactive ketones (excluding diaryl/α,β-unsaturated/α-hetero) is 1. The third kappa shape index (κ3) is 1.56. The molecule has 0 aliphatic carbocycles. The smallest absolute Gasteiger partial charge is 0.261 e. The molecule has 64 valence electrons. The first-order valence-corrected chi connectivity index (χ1v) is 3.77. The third-order valence-electron chi connectivity index (χ3n) is 1.53. The zero-order valence-electron chi connectivity index (χ0n) is 6.80. The van der Waals surface area contributed by atoms with Crippen molar-refractivity contribution < 1.29 is 4.79 Å². The molecule has 0 spiro atoms. The monoisotopic (exact) mass is 185 g/mol. The van der Waals surface area contributed by atoms with Crippen LogP contribution in [0, 0.1) is 0 Å². The molecule has 0 bridgehead atoms. The first-order chi connectivity index (χ1) is 5.52. The number of aromatic nitrogens is 1. The van der Waals surface area contributed by atoms with Crippen molar-refractivity contribution in [3.8, 4) is 0 Å². The SMILES string of the molecule is CC(=O)c1cc(Cl)cn(C)c1=O. The molecule has 0 unspecified atom stereocenters. The molecule has 3 nitrogen and oxygen atoms in total. The first-order valence-electron chi connectivity index (χ1n) is 3.39. The number of ketones is 1. The van der Waals surface area contributed by atoms with E-state index >= 15 is 0 Å². The van der Waals surface area contributed by atoms with Crippen LogP contribution in [-0.4, -0.2) is 10.4 Å². The lowest BCUT2D eigenvalue weighted by Gasteiger charge is -2.00. The van der Waals surface area contributed by atoms with Gasteiger partial charge in [0.2, 0.25) is 0 Å². The minimum atomic E-state index is -0.313. The van der Waals surface area contributed by atoms with Crippen LogP contribution in [-0.2, 0) is 7.05 Å². The number of pyridine rings is 1. The maximum absolute atomic E-state index is 11.2. The van der Waals surface area contributed by atoms with E-state index in [1.807, 2.05) is 0 Å². The van der Waals surface area contributed by atoms with E-state index in [1.165, 1.54) is 23.8 Å². The molecule has 0 aliphatic rings. The molecular formula is C8H8ClNO2. The lowest BCUT2D eigenvalue weighted by atomic mass is 10.2. The van der Waals surface area contributed by atoms with Crippen molar-refractivity contribution in [3.63, 3.8) is 0 Å². The van der Waals surface area contributed by atoms with Crippen LogP contribution in [0.15, 0.2) is 17.1 Å². The van der Waals surface area contributed by atoms with E-state index in [9.17, 15) is 9.59 Å². The fraction of sp³-hybridized carbons (Fsp3) is 0.250. The number of hydrogen-bond acceptors (Lipinski definition) is 2. The summed E-state index contributed by atoms with van der Waals surface area (Å²) in [5, 5.41) is 0.391. The summed E-state index contributed by atoms with van der Waals surface area (Å²) in [6, 6.07) is 1.38. The number of carbonyl (C=O) groups is 1. The summed E-state index contributed by atoms with van der Waals surface area (Å²) in [6.07, 6.45) is 1.47. The minimum Gasteiger partial charge on any atom is -0.316 e. The average molecular weight is 186 g/mol. The Bertz CT molecular complexity index is 381. The molecule has 1 aromatic rings. The van der Waals surface area contributed by atoms with Crippen LogP contribution in [0.1, 0.15) is 17.3 Å². The molecule has 1 aromatic heterocycles. The van der Waals surface area contributed by atoms with Crippen LogP contribution in [0.5, 0.6) is 0 Å². The molecule has 0 amide bonds. The molecule has 0 N–H and O–H groups in total. The number of hydrogen-bond donors (Lipinski definition) is 0. The molecule has 0 atom stereocenters. The van der Waals surface area contributed by atoms with Gasteiger partial charge in [-0.05, 0) is 13.0 Å². The summed E-state index contributed by atoms with van der Waals surface area (Å²) >= 11 is 5.65. The highest BCUT2D eigenvalue weighted by Crippen LogP contribution is 2.06. The van der Waals surface area contributed by atoms with Gasteiger partial charge in [-0.15, -0.1) is 0 Å². The van der Waals surface area contributed by atoms with Crippen LogP contribution < -0.4 is 5.56 Å². The second-order valence-corrected chi connectivity index (χ2v) is 2.98. The van der Waals surface area contributed by atoms with Gasteiger partial charge < -0.3 is 4.57 Å². The molecule has 1 heterocycles. The van der Waals surface area contributed by atoms with Gasteiger partial charge in [-0.25, -0.2) is 0 Å². The van der Waals surface area contributed by atoms with Crippen LogP contribution in [0.4, 0.5) is 0 Å². The molecular weight excluding hydrogens is 178 g/mol. The standard InChI is InChI=1S/C8H8ClNO2/c1-5(11)7-3-6(9)4-10(2)8(7)12/h3-4H,1-2H3. The van der Waals surface area contributed by atoms with Gasteiger partial charge in [0.15, 0.2) is 5.78 Å². The Kier molecular flexibility index (Phi) is 2.33. The number of aryl methyl sites for hydroxylation is 1. The Morgan fingerprint density at radius 2 is 2.17 bits per heavy atom. The molecule has 0 fully saturated rings. The zero-order valence-corrected chi connectivity index (χ0v) is 7.55. The van der Waals surface area contributed by atoms with Gasteiger partial charge in [-0.2, -0.15) is 0 Å². The molecule has 1 rings (SSSR count). The fourth-order valence-corrected chi connectivity index (χ4v) is 1.18. The van der Waals surface area contributed by atoms with E-state index in [1.54, 1.807) is 7.05 Å². The largest absolute Gasteiger partial charge is 0.316 e. The molecule has 0 radical (unpaired) electrons. The van der Waals surface area contributed by atoms with Crippen LogP contribution >= 0.6 is 11.6 Å². The predicted molar refractivity (Wildman–Crippen MR) is 46.7 cm³/mol. The van der Waals surface area contributed by atoms with Crippen LogP contribution in [0.2, 0.25) is 5.02 Å².